The van der Waals surface area contributed by atoms with E-state index in [1.54, 1.807) is 25.0 Å². The molecule has 1 aromatic heterocycles. The third-order valence-corrected chi connectivity index (χ3v) is 5.76. The van der Waals surface area contributed by atoms with E-state index in [0.29, 0.717) is 40.4 Å². The van der Waals surface area contributed by atoms with Gasteiger partial charge in [0.05, 0.1) is 25.5 Å². The summed E-state index contributed by atoms with van der Waals surface area (Å²) in [5.41, 5.74) is 4.05. The number of para-hydroxylation sites is 1. The van der Waals surface area contributed by atoms with E-state index in [0.717, 1.165) is 11.3 Å². The van der Waals surface area contributed by atoms with Crippen molar-refractivity contribution in [2.75, 3.05) is 19.5 Å². The molecule has 38 heavy (non-hydrogen) atoms. The lowest BCUT2D eigenvalue weighted by Gasteiger charge is -2.11. The van der Waals surface area contributed by atoms with Crippen molar-refractivity contribution in [3.8, 4) is 45.5 Å². The van der Waals surface area contributed by atoms with Crippen LogP contribution in [0.3, 0.4) is 0 Å². The normalized spacial score (nSPS) is 10.8. The topological polar surface area (TPSA) is 91.7 Å². The van der Waals surface area contributed by atoms with Gasteiger partial charge >= 0.3 is 5.97 Å². The minimum Gasteiger partial charge on any atom is -0.497 e. The van der Waals surface area contributed by atoms with Crippen LogP contribution in [-0.2, 0) is 9.59 Å². The number of ether oxygens (including phenoxy) is 3. The molecule has 1 N–H and O–H groups in total. The molecule has 0 saturated carbocycles. The summed E-state index contributed by atoms with van der Waals surface area (Å²) in [6.45, 7) is 5.35. The number of nitrogens with zero attached hydrogens (tertiary/aromatic N) is 2. The summed E-state index contributed by atoms with van der Waals surface area (Å²) in [4.78, 5) is 24.5. The molecular weight excluding hydrogens is 482 g/mol. The summed E-state index contributed by atoms with van der Waals surface area (Å²) in [5, 5.41) is 7.82. The molecule has 1 amide bonds. The number of carbonyl (C=O) groups excluding carboxylic acids is 2. The average molecular weight is 514 g/mol. The highest BCUT2D eigenvalue weighted by Crippen LogP contribution is 2.42. The number of benzene rings is 3. The zero-order valence-corrected chi connectivity index (χ0v) is 22.1. The Morgan fingerprint density at radius 2 is 1.53 bits per heavy atom. The molecule has 3 aromatic carbocycles. The molecule has 1 heterocycles. The van der Waals surface area contributed by atoms with Gasteiger partial charge in [0.25, 0.3) is 0 Å². The van der Waals surface area contributed by atoms with Gasteiger partial charge in [-0.05, 0) is 47.9 Å². The summed E-state index contributed by atoms with van der Waals surface area (Å²) in [5.74, 6) is 1.20. The Hall–Kier alpha value is -4.59. The van der Waals surface area contributed by atoms with Gasteiger partial charge in [-0.2, -0.15) is 9.78 Å². The summed E-state index contributed by atoms with van der Waals surface area (Å²) in [6.07, 6.45) is 0.435. The van der Waals surface area contributed by atoms with E-state index >= 15 is 0 Å². The fourth-order valence-electron chi connectivity index (χ4n) is 4.09. The second-order valence-corrected chi connectivity index (χ2v) is 9.19. The number of esters is 1. The van der Waals surface area contributed by atoms with Crippen LogP contribution < -0.4 is 19.5 Å². The highest BCUT2D eigenvalue weighted by molar-refractivity contribution is 5.92. The van der Waals surface area contributed by atoms with Crippen molar-refractivity contribution in [3.63, 3.8) is 0 Å². The Bertz CT molecular complexity index is 1400. The van der Waals surface area contributed by atoms with Crippen LogP contribution in [0.15, 0.2) is 72.8 Å². The summed E-state index contributed by atoms with van der Waals surface area (Å²) >= 11 is 0. The van der Waals surface area contributed by atoms with Gasteiger partial charge in [0, 0.05) is 30.7 Å². The van der Waals surface area contributed by atoms with Crippen LogP contribution in [0.25, 0.3) is 28.1 Å². The Morgan fingerprint density at radius 1 is 0.895 bits per heavy atom. The molecule has 0 fully saturated rings. The van der Waals surface area contributed by atoms with E-state index in [-0.39, 0.29) is 17.7 Å². The smallest absolute Gasteiger partial charge is 0.309 e. The molecule has 0 saturated heterocycles. The van der Waals surface area contributed by atoms with Crippen LogP contribution >= 0.6 is 0 Å². The number of hydrogen-bond acceptors (Lipinski definition) is 6. The van der Waals surface area contributed by atoms with Crippen LogP contribution in [0.5, 0.6) is 17.4 Å². The lowest BCUT2D eigenvalue weighted by molar-refractivity contribution is -0.132. The minimum atomic E-state index is -0.476. The molecular formula is C30H31N3O5. The summed E-state index contributed by atoms with van der Waals surface area (Å²) < 4.78 is 18.4. The molecule has 8 heteroatoms. The van der Waals surface area contributed by atoms with E-state index in [2.05, 4.69) is 5.32 Å². The lowest BCUT2D eigenvalue weighted by Crippen LogP contribution is -2.13. The number of rotatable bonds is 9. The molecule has 0 aliphatic heterocycles. The van der Waals surface area contributed by atoms with Crippen molar-refractivity contribution in [2.45, 2.75) is 27.2 Å². The van der Waals surface area contributed by atoms with Crippen molar-refractivity contribution in [3.05, 3.63) is 72.8 Å². The van der Waals surface area contributed by atoms with Crippen molar-refractivity contribution in [1.82, 2.24) is 9.78 Å². The number of methoxy groups -OCH3 is 2. The third kappa shape index (κ3) is 6.03. The standard InChI is InChI=1S/C30H31N3O5/c1-19(2)15-27(35)31-23-13-11-21(12-14-23)28-29(22-16-25(36-4)18-26(17-22)37-5)32-33(30(28)38-20(3)34)24-9-7-6-8-10-24/h6-14,16-19H,15H2,1-5H3,(H,31,35). The first-order chi connectivity index (χ1) is 18.3. The number of aromatic nitrogens is 2. The molecule has 0 spiro atoms. The SMILES string of the molecule is COc1cc(OC)cc(-c2nn(-c3ccccc3)c(OC(C)=O)c2-c2ccc(NC(=O)CC(C)C)cc2)c1. The molecule has 4 aromatic rings. The molecule has 0 bridgehead atoms. The maximum atomic E-state index is 12.3. The number of amides is 1. The second-order valence-electron chi connectivity index (χ2n) is 9.19. The van der Waals surface area contributed by atoms with Gasteiger partial charge in [-0.1, -0.05) is 44.2 Å². The predicted molar refractivity (Wildman–Crippen MR) is 147 cm³/mol. The second kappa shape index (κ2) is 11.6. The largest absolute Gasteiger partial charge is 0.497 e. The first-order valence-electron chi connectivity index (χ1n) is 12.3. The molecule has 0 radical (unpaired) electrons. The van der Waals surface area contributed by atoms with Crippen LogP contribution in [-0.4, -0.2) is 35.9 Å². The van der Waals surface area contributed by atoms with Gasteiger partial charge in [-0.15, -0.1) is 0 Å². The van der Waals surface area contributed by atoms with Gasteiger partial charge in [0.15, 0.2) is 0 Å². The molecule has 196 valence electrons. The van der Waals surface area contributed by atoms with E-state index in [9.17, 15) is 9.59 Å². The third-order valence-electron chi connectivity index (χ3n) is 5.76. The minimum absolute atomic E-state index is 0.0468. The highest BCUT2D eigenvalue weighted by Gasteiger charge is 2.25. The van der Waals surface area contributed by atoms with Gasteiger partial charge in [-0.25, -0.2) is 0 Å². The molecule has 0 unspecified atom stereocenters. The molecule has 0 aliphatic carbocycles. The monoisotopic (exact) mass is 513 g/mol. The fourth-order valence-corrected chi connectivity index (χ4v) is 4.09. The van der Waals surface area contributed by atoms with Crippen LogP contribution in [0.4, 0.5) is 5.69 Å². The van der Waals surface area contributed by atoms with Crippen molar-refractivity contribution in [1.29, 1.82) is 0 Å². The molecule has 8 nitrogen and oxygen atoms in total. The number of carbonyl (C=O) groups is 2. The van der Waals surface area contributed by atoms with Gasteiger partial charge < -0.3 is 19.5 Å². The van der Waals surface area contributed by atoms with E-state index in [1.165, 1.54) is 6.92 Å². The van der Waals surface area contributed by atoms with E-state index in [1.807, 2.05) is 80.6 Å². The zero-order chi connectivity index (χ0) is 27.2. The molecule has 0 atom stereocenters. The number of anilines is 1. The van der Waals surface area contributed by atoms with Crippen molar-refractivity contribution in [2.24, 2.45) is 5.92 Å². The first-order valence-corrected chi connectivity index (χ1v) is 12.3. The Balaban J connectivity index is 1.91. The Kier molecular flexibility index (Phi) is 8.11. The van der Waals surface area contributed by atoms with Crippen LogP contribution in [0.1, 0.15) is 27.2 Å². The Morgan fingerprint density at radius 3 is 2.08 bits per heavy atom. The summed E-state index contributed by atoms with van der Waals surface area (Å²) in [7, 11) is 3.16. The van der Waals surface area contributed by atoms with Gasteiger partial charge in [-0.3, -0.25) is 9.59 Å². The quantitative estimate of drug-likeness (QED) is 0.271. The zero-order valence-electron chi connectivity index (χ0n) is 22.1. The van der Waals surface area contributed by atoms with E-state index in [4.69, 9.17) is 19.3 Å². The van der Waals surface area contributed by atoms with Crippen LogP contribution in [0.2, 0.25) is 0 Å². The number of nitrogens with one attached hydrogen (secondary N) is 1. The van der Waals surface area contributed by atoms with Crippen molar-refractivity contribution >= 4 is 17.6 Å². The summed E-state index contributed by atoms with van der Waals surface area (Å²) in [6, 6.07) is 22.3. The van der Waals surface area contributed by atoms with Gasteiger partial charge in [0.1, 0.15) is 17.2 Å². The lowest BCUT2D eigenvalue weighted by atomic mass is 10.0. The maximum absolute atomic E-state index is 12.3. The molecule has 0 aliphatic rings. The number of hydrogen-bond donors (Lipinski definition) is 1. The van der Waals surface area contributed by atoms with E-state index < -0.39 is 5.97 Å². The molecule has 4 rings (SSSR count). The van der Waals surface area contributed by atoms with Gasteiger partial charge in [0.2, 0.25) is 11.8 Å². The van der Waals surface area contributed by atoms with Crippen molar-refractivity contribution < 1.29 is 23.8 Å². The predicted octanol–water partition coefficient (Wildman–Crippen LogP) is 6.13. The first kappa shape index (κ1) is 26.5. The Labute approximate surface area is 222 Å². The fraction of sp³-hybridized carbons (Fsp3) is 0.233. The highest BCUT2D eigenvalue weighted by atomic mass is 16.5. The average Bonchev–Trinajstić information content (AvgIpc) is 3.27. The maximum Gasteiger partial charge on any atom is 0.309 e. The van der Waals surface area contributed by atoms with Crippen LogP contribution in [0, 0.1) is 5.92 Å².